The van der Waals surface area contributed by atoms with Crippen LogP contribution in [0.3, 0.4) is 0 Å². The summed E-state index contributed by atoms with van der Waals surface area (Å²) in [5.74, 6) is 0.214. The quantitative estimate of drug-likeness (QED) is 0.470. The first-order valence-electron chi connectivity index (χ1n) is 6.90. The lowest BCUT2D eigenvalue weighted by Crippen LogP contribution is -2.05. The van der Waals surface area contributed by atoms with Crippen LogP contribution in [-0.4, -0.2) is 19.6 Å². The van der Waals surface area contributed by atoms with Crippen LogP contribution in [0.2, 0.25) is 0 Å². The van der Waals surface area contributed by atoms with Crippen LogP contribution in [0.4, 0.5) is 5.69 Å². The number of rotatable bonds is 3. The second-order valence-corrected chi connectivity index (χ2v) is 8.12. The standard InChI is InChI=1S/C16H10BrNO6S/c1-25(22,23)11-5-2-9(3-6-11)16-14(17)15(19)12-8-10(18(20)21)4-7-13(12)24-16/h2-8H,1H3. The lowest BCUT2D eigenvalue weighted by Gasteiger charge is -2.07. The Morgan fingerprint density at radius 3 is 2.32 bits per heavy atom. The van der Waals surface area contributed by atoms with E-state index in [4.69, 9.17) is 4.42 Å². The van der Waals surface area contributed by atoms with Crippen LogP contribution in [0.15, 0.2) is 61.0 Å². The number of halogens is 1. The summed E-state index contributed by atoms with van der Waals surface area (Å²) in [6.45, 7) is 0. The molecule has 0 saturated carbocycles. The lowest BCUT2D eigenvalue weighted by atomic mass is 10.1. The molecule has 3 rings (SSSR count). The number of nitrogens with zero attached hydrogens (tertiary/aromatic N) is 1. The van der Waals surface area contributed by atoms with Crippen molar-refractivity contribution in [2.45, 2.75) is 4.90 Å². The molecular weight excluding hydrogens is 414 g/mol. The van der Waals surface area contributed by atoms with Crippen molar-refractivity contribution in [3.8, 4) is 11.3 Å². The average Bonchev–Trinajstić information content (AvgIpc) is 2.57. The summed E-state index contributed by atoms with van der Waals surface area (Å²) in [6.07, 6.45) is 1.10. The molecule has 0 radical (unpaired) electrons. The van der Waals surface area contributed by atoms with Gasteiger partial charge in [0.15, 0.2) is 15.6 Å². The Hall–Kier alpha value is -2.52. The number of sulfone groups is 1. The van der Waals surface area contributed by atoms with Crippen molar-refractivity contribution in [3.05, 3.63) is 67.3 Å². The maximum Gasteiger partial charge on any atom is 0.270 e. The Kier molecular flexibility index (Phi) is 4.21. The number of hydrogen-bond acceptors (Lipinski definition) is 6. The number of non-ortho nitro benzene ring substituents is 1. The van der Waals surface area contributed by atoms with Gasteiger partial charge in [0, 0.05) is 24.0 Å². The summed E-state index contributed by atoms with van der Waals surface area (Å²) in [5, 5.41) is 10.9. The largest absolute Gasteiger partial charge is 0.455 e. The highest BCUT2D eigenvalue weighted by atomic mass is 79.9. The van der Waals surface area contributed by atoms with Gasteiger partial charge in [0.25, 0.3) is 5.69 Å². The lowest BCUT2D eigenvalue weighted by molar-refractivity contribution is -0.384. The molecule has 0 bridgehead atoms. The molecule has 0 amide bonds. The van der Waals surface area contributed by atoms with E-state index < -0.39 is 20.2 Å². The van der Waals surface area contributed by atoms with E-state index in [0.717, 1.165) is 12.3 Å². The zero-order chi connectivity index (χ0) is 18.4. The van der Waals surface area contributed by atoms with Crippen LogP contribution in [-0.2, 0) is 9.84 Å². The van der Waals surface area contributed by atoms with Gasteiger partial charge in [0.2, 0.25) is 5.43 Å². The van der Waals surface area contributed by atoms with Crippen molar-refractivity contribution in [2.24, 2.45) is 0 Å². The van der Waals surface area contributed by atoms with Crippen molar-refractivity contribution < 1.29 is 17.8 Å². The molecule has 1 aromatic heterocycles. The van der Waals surface area contributed by atoms with Crippen molar-refractivity contribution >= 4 is 42.4 Å². The fourth-order valence-electron chi connectivity index (χ4n) is 2.31. The van der Waals surface area contributed by atoms with E-state index in [0.29, 0.717) is 5.56 Å². The molecule has 0 spiro atoms. The second-order valence-electron chi connectivity index (χ2n) is 5.31. The molecule has 0 atom stereocenters. The van der Waals surface area contributed by atoms with E-state index in [-0.39, 0.29) is 31.8 Å². The van der Waals surface area contributed by atoms with Crippen molar-refractivity contribution in [1.29, 1.82) is 0 Å². The normalized spacial score (nSPS) is 11.6. The van der Waals surface area contributed by atoms with E-state index in [2.05, 4.69) is 15.9 Å². The molecule has 3 aromatic rings. The molecular formula is C16H10BrNO6S. The summed E-state index contributed by atoms with van der Waals surface area (Å²) in [5.41, 5.74) is 0.0294. The van der Waals surface area contributed by atoms with E-state index in [9.17, 15) is 23.3 Å². The van der Waals surface area contributed by atoms with Gasteiger partial charge in [-0.2, -0.15) is 0 Å². The third kappa shape index (κ3) is 3.20. The number of nitro groups is 1. The summed E-state index contributed by atoms with van der Waals surface area (Å²) in [4.78, 5) is 22.9. The van der Waals surface area contributed by atoms with Gasteiger partial charge >= 0.3 is 0 Å². The fraction of sp³-hybridized carbons (Fsp3) is 0.0625. The SMILES string of the molecule is CS(=O)(=O)c1ccc(-c2oc3ccc([N+](=O)[O-])cc3c(=O)c2Br)cc1. The first-order chi connectivity index (χ1) is 11.7. The first-order valence-corrected chi connectivity index (χ1v) is 9.58. The molecule has 0 aliphatic rings. The van der Waals surface area contributed by atoms with Gasteiger partial charge in [-0.25, -0.2) is 8.42 Å². The van der Waals surface area contributed by atoms with Crippen LogP contribution in [0.25, 0.3) is 22.3 Å². The third-order valence-electron chi connectivity index (χ3n) is 3.57. The zero-order valence-electron chi connectivity index (χ0n) is 12.7. The maximum atomic E-state index is 12.5. The minimum absolute atomic E-state index is 0.0811. The monoisotopic (exact) mass is 423 g/mol. The molecule has 7 nitrogen and oxygen atoms in total. The molecule has 2 aromatic carbocycles. The highest BCUT2D eigenvalue weighted by molar-refractivity contribution is 9.10. The highest BCUT2D eigenvalue weighted by Crippen LogP contribution is 2.31. The topological polar surface area (TPSA) is 107 Å². The molecule has 0 aliphatic heterocycles. The number of nitro benzene ring substituents is 1. The summed E-state index contributed by atoms with van der Waals surface area (Å²) >= 11 is 3.16. The third-order valence-corrected chi connectivity index (χ3v) is 5.42. The van der Waals surface area contributed by atoms with Gasteiger partial charge in [0.1, 0.15) is 10.1 Å². The number of benzene rings is 2. The van der Waals surface area contributed by atoms with Gasteiger partial charge in [0.05, 0.1) is 15.2 Å². The molecule has 128 valence electrons. The Morgan fingerprint density at radius 1 is 1.12 bits per heavy atom. The molecule has 9 heteroatoms. The summed E-state index contributed by atoms with van der Waals surface area (Å²) in [6, 6.07) is 9.63. The van der Waals surface area contributed by atoms with Crippen molar-refractivity contribution in [1.82, 2.24) is 0 Å². The Morgan fingerprint density at radius 2 is 1.76 bits per heavy atom. The van der Waals surface area contributed by atoms with E-state index in [1.165, 1.54) is 36.4 Å². The molecule has 0 fully saturated rings. The minimum atomic E-state index is -3.34. The number of hydrogen-bond donors (Lipinski definition) is 0. The van der Waals surface area contributed by atoms with Crippen LogP contribution in [0.5, 0.6) is 0 Å². The van der Waals surface area contributed by atoms with Gasteiger partial charge in [-0.1, -0.05) is 0 Å². The van der Waals surface area contributed by atoms with Crippen LogP contribution in [0.1, 0.15) is 0 Å². The van der Waals surface area contributed by atoms with Crippen molar-refractivity contribution in [3.63, 3.8) is 0 Å². The molecule has 0 aliphatic carbocycles. The predicted octanol–water partition coefficient (Wildman–Crippen LogP) is 3.53. The molecule has 25 heavy (non-hydrogen) atoms. The molecule has 0 unspecified atom stereocenters. The van der Waals surface area contributed by atoms with E-state index >= 15 is 0 Å². The predicted molar refractivity (Wildman–Crippen MR) is 95.4 cm³/mol. The van der Waals surface area contributed by atoms with E-state index in [1.807, 2.05) is 0 Å². The van der Waals surface area contributed by atoms with Gasteiger partial charge < -0.3 is 4.42 Å². The van der Waals surface area contributed by atoms with Gasteiger partial charge in [-0.3, -0.25) is 14.9 Å². The fourth-order valence-corrected chi connectivity index (χ4v) is 3.47. The highest BCUT2D eigenvalue weighted by Gasteiger charge is 2.17. The molecule has 0 N–H and O–H groups in total. The van der Waals surface area contributed by atoms with Gasteiger partial charge in [-0.15, -0.1) is 0 Å². The van der Waals surface area contributed by atoms with Crippen LogP contribution in [0, 0.1) is 10.1 Å². The maximum absolute atomic E-state index is 12.5. The van der Waals surface area contributed by atoms with E-state index in [1.54, 1.807) is 0 Å². The minimum Gasteiger partial charge on any atom is -0.455 e. The Labute approximate surface area is 150 Å². The smallest absolute Gasteiger partial charge is 0.270 e. The van der Waals surface area contributed by atoms with Gasteiger partial charge in [-0.05, 0) is 46.3 Å². The summed E-state index contributed by atoms with van der Waals surface area (Å²) < 4.78 is 28.9. The summed E-state index contributed by atoms with van der Waals surface area (Å²) in [7, 11) is -3.34. The Balaban J connectivity index is 2.21. The molecule has 0 saturated heterocycles. The zero-order valence-corrected chi connectivity index (χ0v) is 15.1. The van der Waals surface area contributed by atoms with Crippen LogP contribution >= 0.6 is 15.9 Å². The average molecular weight is 424 g/mol. The molecule has 1 heterocycles. The number of fused-ring (bicyclic) bond motifs is 1. The van der Waals surface area contributed by atoms with Crippen LogP contribution < -0.4 is 5.43 Å². The second kappa shape index (κ2) is 6.08. The Bertz CT molecular complexity index is 1170. The van der Waals surface area contributed by atoms with Crippen molar-refractivity contribution in [2.75, 3.05) is 6.26 Å². The first kappa shape index (κ1) is 17.3.